The number of alkyl halides is 1. The van der Waals surface area contributed by atoms with Crippen molar-refractivity contribution in [3.63, 3.8) is 0 Å². The Bertz CT molecular complexity index is 1110. The zero-order chi connectivity index (χ0) is 21.9. The second-order valence-corrected chi connectivity index (χ2v) is 8.82. The summed E-state index contributed by atoms with van der Waals surface area (Å²) in [7, 11) is 1.39. The van der Waals surface area contributed by atoms with Crippen molar-refractivity contribution in [3.05, 3.63) is 33.9 Å². The number of hydrogen-bond acceptors (Lipinski definition) is 5. The summed E-state index contributed by atoms with van der Waals surface area (Å²) in [5, 5.41) is 12.7. The summed E-state index contributed by atoms with van der Waals surface area (Å²) >= 11 is 0. The second kappa shape index (κ2) is 7.47. The summed E-state index contributed by atoms with van der Waals surface area (Å²) in [4.78, 5) is 26.0. The molecule has 3 fully saturated rings. The number of anilines is 1. The summed E-state index contributed by atoms with van der Waals surface area (Å²) in [5.41, 5.74) is -0.654. The molecule has 7 nitrogen and oxygen atoms in total. The molecule has 2 aliphatic carbocycles. The number of nitrogens with one attached hydrogen (secondary N) is 1. The van der Waals surface area contributed by atoms with E-state index in [9.17, 15) is 19.1 Å². The van der Waals surface area contributed by atoms with Gasteiger partial charge in [-0.3, -0.25) is 4.79 Å². The highest BCUT2D eigenvalue weighted by molar-refractivity contribution is 5.97. The molecule has 1 aromatic heterocycles. The first-order valence-electron chi connectivity index (χ1n) is 10.7. The number of halogens is 2. The Hall–Kier alpha value is -2.68. The number of fused-ring (bicyclic) bond motifs is 1. The van der Waals surface area contributed by atoms with Crippen LogP contribution in [0.4, 0.5) is 14.5 Å². The summed E-state index contributed by atoms with van der Waals surface area (Å²) < 4.78 is 37.3. The quantitative estimate of drug-likeness (QED) is 0.699. The largest absolute Gasteiger partial charge is 0.492 e. The van der Waals surface area contributed by atoms with Crippen LogP contribution in [0.3, 0.4) is 0 Å². The maximum Gasteiger partial charge on any atom is 0.341 e. The SMILES string of the molecule is COc1c(N2C[C@H](CNC3CC3)[C@@H](F)C2)c(F)cc2c(=O)c(C(=O)O)cn(C3CC3)c12. The number of nitrogens with zero attached hydrogens (tertiary/aromatic N) is 2. The number of carboxylic acids is 1. The van der Waals surface area contributed by atoms with Crippen molar-refractivity contribution >= 4 is 22.6 Å². The Labute approximate surface area is 177 Å². The molecule has 0 unspecified atom stereocenters. The molecular weight excluding hydrogens is 408 g/mol. The van der Waals surface area contributed by atoms with Gasteiger partial charge in [-0.15, -0.1) is 0 Å². The van der Waals surface area contributed by atoms with Gasteiger partial charge in [-0.2, -0.15) is 0 Å². The zero-order valence-electron chi connectivity index (χ0n) is 17.2. The minimum Gasteiger partial charge on any atom is -0.492 e. The molecule has 2 atom stereocenters. The first-order chi connectivity index (χ1) is 14.9. The molecule has 5 rings (SSSR count). The lowest BCUT2D eigenvalue weighted by Crippen LogP contribution is -2.30. The number of rotatable bonds is 7. The van der Waals surface area contributed by atoms with Gasteiger partial charge in [0.05, 0.1) is 18.0 Å². The lowest BCUT2D eigenvalue weighted by molar-refractivity contribution is 0.0694. The minimum atomic E-state index is -1.35. The van der Waals surface area contributed by atoms with E-state index in [1.54, 1.807) is 9.47 Å². The van der Waals surface area contributed by atoms with Crippen LogP contribution in [0.15, 0.2) is 17.1 Å². The van der Waals surface area contributed by atoms with Gasteiger partial charge >= 0.3 is 5.97 Å². The van der Waals surface area contributed by atoms with E-state index in [2.05, 4.69) is 5.32 Å². The van der Waals surface area contributed by atoms with Crippen LogP contribution in [-0.2, 0) is 0 Å². The summed E-state index contributed by atoms with van der Waals surface area (Å²) in [6, 6.07) is 1.56. The van der Waals surface area contributed by atoms with E-state index in [1.807, 2.05) is 0 Å². The smallest absolute Gasteiger partial charge is 0.341 e. The molecule has 0 amide bonds. The fourth-order valence-electron chi connectivity index (χ4n) is 4.54. The highest BCUT2D eigenvalue weighted by Crippen LogP contribution is 2.44. The molecule has 0 spiro atoms. The van der Waals surface area contributed by atoms with Crippen LogP contribution < -0.4 is 20.4 Å². The maximum absolute atomic E-state index is 15.3. The van der Waals surface area contributed by atoms with Crippen molar-refractivity contribution in [1.29, 1.82) is 0 Å². The molecule has 166 valence electrons. The van der Waals surface area contributed by atoms with Crippen molar-refractivity contribution in [3.8, 4) is 5.75 Å². The fraction of sp³-hybridized carbons (Fsp3) is 0.545. The van der Waals surface area contributed by atoms with Gasteiger partial charge < -0.3 is 24.6 Å². The first-order valence-corrected chi connectivity index (χ1v) is 10.7. The predicted molar refractivity (Wildman–Crippen MR) is 112 cm³/mol. The summed E-state index contributed by atoms with van der Waals surface area (Å²) in [6.45, 7) is 0.909. The van der Waals surface area contributed by atoms with Crippen molar-refractivity contribution in [2.75, 3.05) is 31.6 Å². The second-order valence-electron chi connectivity index (χ2n) is 8.82. The molecule has 2 heterocycles. The molecule has 0 bridgehead atoms. The number of benzene rings is 1. The van der Waals surface area contributed by atoms with Crippen molar-refractivity contribution in [1.82, 2.24) is 9.88 Å². The number of hydrogen-bond donors (Lipinski definition) is 2. The van der Waals surface area contributed by atoms with Gasteiger partial charge in [-0.05, 0) is 31.7 Å². The van der Waals surface area contributed by atoms with Crippen LogP contribution in [0.2, 0.25) is 0 Å². The van der Waals surface area contributed by atoms with Crippen molar-refractivity contribution in [2.24, 2.45) is 5.92 Å². The average Bonchev–Trinajstić information content (AvgIpc) is 3.65. The molecule has 2 N–H and O–H groups in total. The van der Waals surface area contributed by atoms with Crippen LogP contribution in [-0.4, -0.2) is 54.6 Å². The molecule has 9 heteroatoms. The van der Waals surface area contributed by atoms with Gasteiger partial charge in [0.1, 0.15) is 17.4 Å². The van der Waals surface area contributed by atoms with Gasteiger partial charge in [0, 0.05) is 43.8 Å². The van der Waals surface area contributed by atoms with Crippen LogP contribution in [0.1, 0.15) is 42.1 Å². The number of methoxy groups -OCH3 is 1. The predicted octanol–water partition coefficient (Wildman–Crippen LogP) is 2.71. The van der Waals surface area contributed by atoms with Gasteiger partial charge in [0.2, 0.25) is 5.43 Å². The lowest BCUT2D eigenvalue weighted by atomic mass is 10.1. The van der Waals surface area contributed by atoms with E-state index in [1.165, 1.54) is 13.3 Å². The molecule has 1 saturated heterocycles. The summed E-state index contributed by atoms with van der Waals surface area (Å²) in [5.74, 6) is -2.18. The van der Waals surface area contributed by atoms with Gasteiger partial charge in [0.25, 0.3) is 0 Å². The molecule has 31 heavy (non-hydrogen) atoms. The standard InChI is InChI=1S/C22H25F2N3O4/c1-31-21-18-14(20(28)15(22(29)30)9-27(18)13-4-5-13)6-16(23)19(21)26-8-11(17(24)10-26)7-25-12-2-3-12/h6,9,11-13,17,25H,2-5,7-8,10H2,1H3,(H,29,30)/t11-,17-/m0/s1. The highest BCUT2D eigenvalue weighted by atomic mass is 19.1. The van der Waals surface area contributed by atoms with Gasteiger partial charge in [-0.25, -0.2) is 13.6 Å². The Kier molecular flexibility index (Phi) is 4.88. The van der Waals surface area contributed by atoms with E-state index < -0.39 is 29.0 Å². The van der Waals surface area contributed by atoms with E-state index >= 15 is 4.39 Å². The minimum absolute atomic E-state index is 0.0244. The average molecular weight is 433 g/mol. The van der Waals surface area contributed by atoms with E-state index in [-0.39, 0.29) is 35.3 Å². The number of ether oxygens (including phenoxy) is 1. The monoisotopic (exact) mass is 433 g/mol. The number of pyridine rings is 1. The number of aromatic nitrogens is 1. The Morgan fingerprint density at radius 3 is 2.65 bits per heavy atom. The van der Waals surface area contributed by atoms with Crippen LogP contribution in [0.25, 0.3) is 10.9 Å². The van der Waals surface area contributed by atoms with Crippen molar-refractivity contribution < 1.29 is 23.4 Å². The van der Waals surface area contributed by atoms with Gasteiger partial charge in [-0.1, -0.05) is 0 Å². The Morgan fingerprint density at radius 1 is 1.29 bits per heavy atom. The Morgan fingerprint density at radius 2 is 2.03 bits per heavy atom. The molecule has 2 saturated carbocycles. The number of carbonyl (C=O) groups is 1. The van der Waals surface area contributed by atoms with Crippen molar-refractivity contribution in [2.45, 2.75) is 43.9 Å². The maximum atomic E-state index is 15.3. The molecule has 1 aromatic carbocycles. The van der Waals surface area contributed by atoms with Crippen LogP contribution in [0.5, 0.6) is 5.75 Å². The number of carboxylic acid groups (broad SMARTS) is 1. The first kappa shape index (κ1) is 20.2. The molecular formula is C22H25F2N3O4. The van der Waals surface area contributed by atoms with Crippen LogP contribution in [0, 0.1) is 11.7 Å². The third kappa shape index (κ3) is 3.54. The molecule has 3 aliphatic rings. The van der Waals surface area contributed by atoms with E-state index in [4.69, 9.17) is 4.74 Å². The zero-order valence-corrected chi connectivity index (χ0v) is 17.2. The molecule has 1 aliphatic heterocycles. The normalized spacial score (nSPS) is 23.5. The molecule has 2 aromatic rings. The van der Waals surface area contributed by atoms with Crippen LogP contribution >= 0.6 is 0 Å². The fourth-order valence-corrected chi connectivity index (χ4v) is 4.54. The molecule has 0 radical (unpaired) electrons. The lowest BCUT2D eigenvalue weighted by Gasteiger charge is -2.24. The Balaban J connectivity index is 1.61. The topological polar surface area (TPSA) is 83.8 Å². The van der Waals surface area contributed by atoms with E-state index in [0.29, 0.717) is 24.6 Å². The number of aromatic carboxylic acids is 1. The third-order valence-electron chi connectivity index (χ3n) is 6.50. The highest BCUT2D eigenvalue weighted by Gasteiger charge is 2.38. The van der Waals surface area contributed by atoms with E-state index in [0.717, 1.165) is 31.7 Å². The summed E-state index contributed by atoms with van der Waals surface area (Å²) in [6.07, 6.45) is 4.09. The third-order valence-corrected chi connectivity index (χ3v) is 6.50. The van der Waals surface area contributed by atoms with Gasteiger partial charge in [0.15, 0.2) is 11.6 Å².